The van der Waals surface area contributed by atoms with Crippen LogP contribution in [-0.4, -0.2) is 19.7 Å². The van der Waals surface area contributed by atoms with Crippen LogP contribution in [0.1, 0.15) is 51.5 Å². The van der Waals surface area contributed by atoms with Gasteiger partial charge in [-0.1, -0.05) is 33.3 Å². The first-order valence-corrected chi connectivity index (χ1v) is 7.85. The minimum atomic E-state index is -2.77. The first-order valence-electron chi connectivity index (χ1n) is 7.85. The zero-order chi connectivity index (χ0) is 15.4. The van der Waals surface area contributed by atoms with E-state index in [4.69, 9.17) is 4.74 Å². The Bertz CT molecular complexity index is 454. The molecule has 0 spiro atoms. The third kappa shape index (κ3) is 4.08. The molecular formula is C17H25F2NO. The average molecular weight is 297 g/mol. The Morgan fingerprint density at radius 2 is 1.90 bits per heavy atom. The molecule has 0 N–H and O–H groups in total. The van der Waals surface area contributed by atoms with Gasteiger partial charge in [-0.2, -0.15) is 8.78 Å². The summed E-state index contributed by atoms with van der Waals surface area (Å²) in [5.41, 5.74) is 1.83. The number of rotatable bonds is 5. The van der Waals surface area contributed by atoms with Crippen LogP contribution in [0.2, 0.25) is 0 Å². The molecule has 1 saturated heterocycles. The fraction of sp³-hybridized carbons (Fsp3) is 0.647. The molecular weight excluding hydrogens is 272 g/mol. The SMILES string of the molecule is CCC1CCN(c2ccc(C(C)C)c(OC(F)F)c2)CC1. The number of nitrogens with zero attached hydrogens (tertiary/aromatic N) is 1. The van der Waals surface area contributed by atoms with E-state index in [-0.39, 0.29) is 5.92 Å². The first kappa shape index (κ1) is 16.1. The lowest BCUT2D eigenvalue weighted by Gasteiger charge is -2.33. The van der Waals surface area contributed by atoms with Crippen molar-refractivity contribution in [3.8, 4) is 5.75 Å². The zero-order valence-electron chi connectivity index (χ0n) is 13.1. The minimum Gasteiger partial charge on any atom is -0.434 e. The Hall–Kier alpha value is -1.32. The van der Waals surface area contributed by atoms with E-state index < -0.39 is 6.61 Å². The van der Waals surface area contributed by atoms with E-state index in [1.54, 1.807) is 6.07 Å². The third-order valence-electron chi connectivity index (χ3n) is 4.39. The van der Waals surface area contributed by atoms with Crippen LogP contribution in [0.3, 0.4) is 0 Å². The molecule has 2 rings (SSSR count). The zero-order valence-corrected chi connectivity index (χ0v) is 13.1. The third-order valence-corrected chi connectivity index (χ3v) is 4.39. The monoisotopic (exact) mass is 297 g/mol. The second-order valence-electron chi connectivity index (χ2n) is 6.09. The summed E-state index contributed by atoms with van der Waals surface area (Å²) in [4.78, 5) is 2.27. The molecule has 0 aliphatic carbocycles. The highest BCUT2D eigenvalue weighted by Gasteiger charge is 2.20. The summed E-state index contributed by atoms with van der Waals surface area (Å²) >= 11 is 0. The molecule has 0 saturated carbocycles. The van der Waals surface area contributed by atoms with Gasteiger partial charge in [0.25, 0.3) is 0 Å². The summed E-state index contributed by atoms with van der Waals surface area (Å²) in [7, 11) is 0. The quantitative estimate of drug-likeness (QED) is 0.755. The van der Waals surface area contributed by atoms with Gasteiger partial charge in [0.1, 0.15) is 5.75 Å². The molecule has 2 nitrogen and oxygen atoms in total. The Labute approximate surface area is 126 Å². The molecule has 0 aromatic heterocycles. The lowest BCUT2D eigenvalue weighted by atomic mass is 9.94. The van der Waals surface area contributed by atoms with Gasteiger partial charge in [-0.15, -0.1) is 0 Å². The smallest absolute Gasteiger partial charge is 0.387 e. The van der Waals surface area contributed by atoms with Crippen LogP contribution >= 0.6 is 0 Å². The predicted octanol–water partition coefficient (Wildman–Crippen LogP) is 5.04. The summed E-state index contributed by atoms with van der Waals surface area (Å²) < 4.78 is 29.9. The van der Waals surface area contributed by atoms with Crippen molar-refractivity contribution in [3.05, 3.63) is 23.8 Å². The van der Waals surface area contributed by atoms with Gasteiger partial charge in [-0.3, -0.25) is 0 Å². The Morgan fingerprint density at radius 1 is 1.24 bits per heavy atom. The van der Waals surface area contributed by atoms with E-state index in [9.17, 15) is 8.78 Å². The average Bonchev–Trinajstić information content (AvgIpc) is 2.46. The largest absolute Gasteiger partial charge is 0.434 e. The molecule has 21 heavy (non-hydrogen) atoms. The van der Waals surface area contributed by atoms with Crippen molar-refractivity contribution in [2.24, 2.45) is 5.92 Å². The predicted molar refractivity (Wildman–Crippen MR) is 82.4 cm³/mol. The summed E-state index contributed by atoms with van der Waals surface area (Å²) in [6, 6.07) is 5.72. The molecule has 1 heterocycles. The van der Waals surface area contributed by atoms with E-state index in [0.717, 1.165) is 30.3 Å². The van der Waals surface area contributed by atoms with Gasteiger partial charge in [-0.05, 0) is 36.3 Å². The molecule has 1 aromatic carbocycles. The summed E-state index contributed by atoms with van der Waals surface area (Å²) in [6.07, 6.45) is 3.57. The van der Waals surface area contributed by atoms with Crippen LogP contribution in [0.5, 0.6) is 5.75 Å². The molecule has 0 bridgehead atoms. The maximum atomic E-state index is 12.6. The molecule has 1 aliphatic heterocycles. The van der Waals surface area contributed by atoms with Crippen molar-refractivity contribution in [1.29, 1.82) is 0 Å². The Balaban J connectivity index is 2.17. The molecule has 0 radical (unpaired) electrons. The molecule has 4 heteroatoms. The highest BCUT2D eigenvalue weighted by molar-refractivity contribution is 5.54. The van der Waals surface area contributed by atoms with Gasteiger partial charge in [-0.25, -0.2) is 0 Å². The van der Waals surface area contributed by atoms with Crippen LogP contribution in [0.15, 0.2) is 18.2 Å². The molecule has 118 valence electrons. The number of alkyl halides is 2. The van der Waals surface area contributed by atoms with Gasteiger partial charge in [0.2, 0.25) is 0 Å². The fourth-order valence-corrected chi connectivity index (χ4v) is 2.99. The summed E-state index contributed by atoms with van der Waals surface area (Å²) in [5, 5.41) is 0. The fourth-order valence-electron chi connectivity index (χ4n) is 2.99. The van der Waals surface area contributed by atoms with E-state index in [1.165, 1.54) is 19.3 Å². The van der Waals surface area contributed by atoms with E-state index in [1.807, 2.05) is 26.0 Å². The molecule has 0 amide bonds. The van der Waals surface area contributed by atoms with Gasteiger partial charge < -0.3 is 9.64 Å². The number of halogens is 2. The Kier molecular flexibility index (Phi) is 5.43. The van der Waals surface area contributed by atoms with Gasteiger partial charge in [0.15, 0.2) is 0 Å². The minimum absolute atomic E-state index is 0.165. The van der Waals surface area contributed by atoms with Crippen molar-refractivity contribution in [2.75, 3.05) is 18.0 Å². The van der Waals surface area contributed by atoms with Crippen molar-refractivity contribution < 1.29 is 13.5 Å². The van der Waals surface area contributed by atoms with Crippen molar-refractivity contribution in [3.63, 3.8) is 0 Å². The second-order valence-corrected chi connectivity index (χ2v) is 6.09. The van der Waals surface area contributed by atoms with Crippen molar-refractivity contribution in [1.82, 2.24) is 0 Å². The first-order chi connectivity index (χ1) is 10.0. The van der Waals surface area contributed by atoms with Crippen LogP contribution in [-0.2, 0) is 0 Å². The molecule has 1 aliphatic rings. The highest BCUT2D eigenvalue weighted by Crippen LogP contribution is 2.33. The topological polar surface area (TPSA) is 12.5 Å². The molecule has 0 atom stereocenters. The number of anilines is 1. The highest BCUT2D eigenvalue weighted by atomic mass is 19.3. The van der Waals surface area contributed by atoms with Gasteiger partial charge in [0.05, 0.1) is 0 Å². The molecule has 0 unspecified atom stereocenters. The molecule has 1 fully saturated rings. The lowest BCUT2D eigenvalue weighted by molar-refractivity contribution is -0.0505. The van der Waals surface area contributed by atoms with Crippen LogP contribution < -0.4 is 9.64 Å². The summed E-state index contributed by atoms with van der Waals surface area (Å²) in [6.45, 7) is 5.41. The van der Waals surface area contributed by atoms with E-state index in [2.05, 4.69) is 11.8 Å². The van der Waals surface area contributed by atoms with Crippen molar-refractivity contribution in [2.45, 2.75) is 52.6 Å². The van der Waals surface area contributed by atoms with Crippen molar-refractivity contribution >= 4 is 5.69 Å². The second kappa shape index (κ2) is 7.10. The van der Waals surface area contributed by atoms with Crippen LogP contribution in [0, 0.1) is 5.92 Å². The maximum Gasteiger partial charge on any atom is 0.387 e. The number of benzene rings is 1. The van der Waals surface area contributed by atoms with E-state index >= 15 is 0 Å². The number of hydrogen-bond acceptors (Lipinski definition) is 2. The normalized spacial score (nSPS) is 16.8. The maximum absolute atomic E-state index is 12.6. The van der Waals surface area contributed by atoms with Gasteiger partial charge >= 0.3 is 6.61 Å². The van der Waals surface area contributed by atoms with Crippen LogP contribution in [0.4, 0.5) is 14.5 Å². The van der Waals surface area contributed by atoms with Gasteiger partial charge in [0, 0.05) is 24.8 Å². The summed E-state index contributed by atoms with van der Waals surface area (Å²) in [5.74, 6) is 1.28. The Morgan fingerprint density at radius 3 is 2.43 bits per heavy atom. The number of hydrogen-bond donors (Lipinski definition) is 0. The number of piperidine rings is 1. The molecule has 1 aromatic rings. The van der Waals surface area contributed by atoms with Crippen LogP contribution in [0.25, 0.3) is 0 Å². The lowest BCUT2D eigenvalue weighted by Crippen LogP contribution is -2.33. The number of ether oxygens (including phenoxy) is 1. The van der Waals surface area contributed by atoms with E-state index in [0.29, 0.717) is 5.75 Å². The standard InChI is InChI=1S/C17H25F2NO/c1-4-13-7-9-20(10-8-13)14-5-6-15(12(2)3)16(11-14)21-17(18)19/h5-6,11-13,17H,4,7-10H2,1-3H3.